The van der Waals surface area contributed by atoms with Gasteiger partial charge in [0.05, 0.1) is 18.3 Å². The summed E-state index contributed by atoms with van der Waals surface area (Å²) in [5, 5.41) is 11.7. The van der Waals surface area contributed by atoms with E-state index >= 15 is 0 Å². The molecule has 1 aromatic rings. The summed E-state index contributed by atoms with van der Waals surface area (Å²) in [6, 6.07) is 0. The molecule has 19 heavy (non-hydrogen) atoms. The number of aliphatic hydroxyl groups is 1. The molecule has 0 saturated heterocycles. The summed E-state index contributed by atoms with van der Waals surface area (Å²) >= 11 is 0. The Morgan fingerprint density at radius 2 is 2.05 bits per heavy atom. The Morgan fingerprint density at radius 3 is 2.58 bits per heavy atom. The van der Waals surface area contributed by atoms with Gasteiger partial charge in [-0.3, -0.25) is 4.79 Å². The van der Waals surface area contributed by atoms with Crippen LogP contribution in [0.4, 0.5) is 0 Å². The average molecular weight is 268 g/mol. The molecule has 1 amide bonds. The molecule has 0 aliphatic heterocycles. The van der Waals surface area contributed by atoms with Gasteiger partial charge in [-0.05, 0) is 33.3 Å². The van der Waals surface area contributed by atoms with Crippen molar-refractivity contribution in [3.63, 3.8) is 0 Å². The van der Waals surface area contributed by atoms with E-state index in [4.69, 9.17) is 9.84 Å². The Bertz CT molecular complexity index is 477. The SMILES string of the molecule is CCOC(=O)c1c(C)[nH]c(C(=O)NCC(C)O)c1C. The first-order chi connectivity index (χ1) is 8.88. The summed E-state index contributed by atoms with van der Waals surface area (Å²) < 4.78 is 4.95. The summed E-state index contributed by atoms with van der Waals surface area (Å²) in [4.78, 5) is 26.6. The molecular weight excluding hydrogens is 248 g/mol. The van der Waals surface area contributed by atoms with Crippen molar-refractivity contribution >= 4 is 11.9 Å². The van der Waals surface area contributed by atoms with Crippen molar-refractivity contribution in [3.05, 3.63) is 22.5 Å². The van der Waals surface area contributed by atoms with E-state index in [9.17, 15) is 9.59 Å². The lowest BCUT2D eigenvalue weighted by Crippen LogP contribution is -2.31. The van der Waals surface area contributed by atoms with Crippen LogP contribution in [0.3, 0.4) is 0 Å². The minimum absolute atomic E-state index is 0.158. The lowest BCUT2D eigenvalue weighted by molar-refractivity contribution is 0.0525. The summed E-state index contributed by atoms with van der Waals surface area (Å²) in [6.45, 7) is 7.15. The van der Waals surface area contributed by atoms with Gasteiger partial charge in [-0.15, -0.1) is 0 Å². The van der Waals surface area contributed by atoms with Crippen LogP contribution >= 0.6 is 0 Å². The molecule has 0 saturated carbocycles. The fourth-order valence-corrected chi connectivity index (χ4v) is 1.82. The Labute approximate surface area is 112 Å². The van der Waals surface area contributed by atoms with Gasteiger partial charge in [0.2, 0.25) is 0 Å². The van der Waals surface area contributed by atoms with Crippen LogP contribution in [-0.2, 0) is 4.74 Å². The standard InChI is InChI=1S/C13H20N2O4/c1-5-19-13(18)10-8(3)11(15-9(10)4)12(17)14-6-7(2)16/h7,15-16H,5-6H2,1-4H3,(H,14,17). The number of rotatable bonds is 5. The zero-order valence-corrected chi connectivity index (χ0v) is 11.7. The third-order valence-electron chi connectivity index (χ3n) is 2.70. The van der Waals surface area contributed by atoms with Gasteiger partial charge in [0.15, 0.2) is 0 Å². The van der Waals surface area contributed by atoms with E-state index in [0.717, 1.165) is 0 Å². The van der Waals surface area contributed by atoms with Gasteiger partial charge < -0.3 is 20.1 Å². The number of esters is 1. The fourth-order valence-electron chi connectivity index (χ4n) is 1.82. The second-order valence-electron chi connectivity index (χ2n) is 4.40. The van der Waals surface area contributed by atoms with Gasteiger partial charge in [-0.2, -0.15) is 0 Å². The maximum absolute atomic E-state index is 11.9. The molecule has 0 fully saturated rings. The van der Waals surface area contributed by atoms with Crippen molar-refractivity contribution in [1.82, 2.24) is 10.3 Å². The van der Waals surface area contributed by atoms with E-state index in [0.29, 0.717) is 22.5 Å². The second-order valence-corrected chi connectivity index (χ2v) is 4.40. The van der Waals surface area contributed by atoms with Crippen LogP contribution in [0.5, 0.6) is 0 Å². The van der Waals surface area contributed by atoms with E-state index < -0.39 is 12.1 Å². The topological polar surface area (TPSA) is 91.4 Å². The molecule has 6 heteroatoms. The summed E-state index contributed by atoms with van der Waals surface area (Å²) in [5.74, 6) is -0.791. The van der Waals surface area contributed by atoms with Gasteiger partial charge in [-0.25, -0.2) is 4.79 Å². The molecule has 0 aromatic carbocycles. The number of aromatic nitrogens is 1. The molecule has 1 atom stereocenters. The van der Waals surface area contributed by atoms with Crippen LogP contribution in [0, 0.1) is 13.8 Å². The van der Waals surface area contributed by atoms with Crippen LogP contribution in [0.1, 0.15) is 46.0 Å². The Kier molecular flexibility index (Phi) is 5.11. The summed E-state index contributed by atoms with van der Waals surface area (Å²) in [6.07, 6.45) is -0.621. The molecule has 3 N–H and O–H groups in total. The molecule has 0 aliphatic carbocycles. The molecule has 1 rings (SSSR count). The van der Waals surface area contributed by atoms with Crippen LogP contribution in [0.25, 0.3) is 0 Å². The van der Waals surface area contributed by atoms with Gasteiger partial charge in [-0.1, -0.05) is 0 Å². The van der Waals surface area contributed by atoms with E-state index in [1.807, 2.05) is 0 Å². The van der Waals surface area contributed by atoms with E-state index in [1.165, 1.54) is 0 Å². The molecule has 0 aliphatic rings. The number of nitrogens with one attached hydrogen (secondary N) is 2. The molecule has 0 radical (unpaired) electrons. The maximum Gasteiger partial charge on any atom is 0.340 e. The molecule has 0 bridgehead atoms. The minimum atomic E-state index is -0.621. The van der Waals surface area contributed by atoms with Crippen LogP contribution < -0.4 is 5.32 Å². The number of aliphatic hydroxyl groups excluding tert-OH is 1. The molecule has 1 unspecified atom stereocenters. The highest BCUT2D eigenvalue weighted by atomic mass is 16.5. The largest absolute Gasteiger partial charge is 0.462 e. The molecule has 0 spiro atoms. The first kappa shape index (κ1) is 15.2. The van der Waals surface area contributed by atoms with Crippen molar-refractivity contribution in [3.8, 4) is 0 Å². The first-order valence-electron chi connectivity index (χ1n) is 6.21. The van der Waals surface area contributed by atoms with Gasteiger partial charge in [0.1, 0.15) is 5.69 Å². The molecule has 1 aromatic heterocycles. The number of aryl methyl sites for hydroxylation is 1. The van der Waals surface area contributed by atoms with Crippen molar-refractivity contribution < 1.29 is 19.4 Å². The van der Waals surface area contributed by atoms with Crippen molar-refractivity contribution in [2.75, 3.05) is 13.2 Å². The number of aromatic amines is 1. The van der Waals surface area contributed by atoms with Crippen molar-refractivity contribution in [1.29, 1.82) is 0 Å². The maximum atomic E-state index is 11.9. The number of amides is 1. The number of carbonyl (C=O) groups is 2. The smallest absolute Gasteiger partial charge is 0.340 e. The lowest BCUT2D eigenvalue weighted by Gasteiger charge is -2.06. The van der Waals surface area contributed by atoms with Gasteiger partial charge in [0, 0.05) is 12.2 Å². The summed E-state index contributed by atoms with van der Waals surface area (Å²) in [7, 11) is 0. The van der Waals surface area contributed by atoms with Crippen molar-refractivity contribution in [2.45, 2.75) is 33.8 Å². The monoisotopic (exact) mass is 268 g/mol. The Hall–Kier alpha value is -1.82. The number of H-pyrrole nitrogens is 1. The predicted octanol–water partition coefficient (Wildman–Crippen LogP) is 0.919. The summed E-state index contributed by atoms with van der Waals surface area (Å²) in [5.41, 5.74) is 1.86. The number of hydrogen-bond acceptors (Lipinski definition) is 4. The van der Waals surface area contributed by atoms with Gasteiger partial charge in [0.25, 0.3) is 5.91 Å². The quantitative estimate of drug-likeness (QED) is 0.692. The molecule has 106 valence electrons. The number of ether oxygens (including phenoxy) is 1. The highest BCUT2D eigenvalue weighted by molar-refractivity contribution is 6.00. The third kappa shape index (κ3) is 3.57. The average Bonchev–Trinajstić information content (AvgIpc) is 2.62. The third-order valence-corrected chi connectivity index (χ3v) is 2.70. The number of carbonyl (C=O) groups excluding carboxylic acids is 2. The zero-order valence-electron chi connectivity index (χ0n) is 11.7. The van der Waals surface area contributed by atoms with E-state index in [2.05, 4.69) is 10.3 Å². The van der Waals surface area contributed by atoms with E-state index in [1.54, 1.807) is 27.7 Å². The minimum Gasteiger partial charge on any atom is -0.462 e. The highest BCUT2D eigenvalue weighted by Gasteiger charge is 2.22. The second kappa shape index (κ2) is 6.38. The van der Waals surface area contributed by atoms with Gasteiger partial charge >= 0.3 is 5.97 Å². The predicted molar refractivity (Wildman–Crippen MR) is 70.2 cm³/mol. The lowest BCUT2D eigenvalue weighted by atomic mass is 10.1. The molecule has 1 heterocycles. The van der Waals surface area contributed by atoms with Crippen LogP contribution in [-0.4, -0.2) is 41.2 Å². The first-order valence-corrected chi connectivity index (χ1v) is 6.21. The van der Waals surface area contributed by atoms with Crippen molar-refractivity contribution in [2.24, 2.45) is 0 Å². The van der Waals surface area contributed by atoms with Crippen LogP contribution in [0.2, 0.25) is 0 Å². The molecule has 6 nitrogen and oxygen atoms in total. The van der Waals surface area contributed by atoms with E-state index in [-0.39, 0.29) is 19.1 Å². The zero-order chi connectivity index (χ0) is 14.6. The Balaban J connectivity index is 2.96. The number of hydrogen-bond donors (Lipinski definition) is 3. The van der Waals surface area contributed by atoms with Crippen LogP contribution in [0.15, 0.2) is 0 Å². The highest BCUT2D eigenvalue weighted by Crippen LogP contribution is 2.18. The molecular formula is C13H20N2O4. The Morgan fingerprint density at radius 1 is 1.42 bits per heavy atom. The normalized spacial score (nSPS) is 12.1. The fraction of sp³-hybridized carbons (Fsp3) is 0.538.